The molecule has 4 aliphatic rings. The van der Waals surface area contributed by atoms with Crippen LogP contribution in [0.2, 0.25) is 0 Å². The second-order valence-electron chi connectivity index (χ2n) is 10.8. The number of aliphatic hydroxyl groups excluding tert-OH is 1. The number of hydrogen-bond acceptors (Lipinski definition) is 9. The molecule has 0 radical (unpaired) electrons. The standard InChI is InChI=1S/C27H34F3N7O3/c28-27(29,30)24-22(15-33-34-25(24)38)37-8-7-19(16-37)17-40-21-4-2-20(3-5-21)26(39)36-11-9-35(10-12-36)23-6-1-18(13-31)14-32-23/h1,6,14-15,19-21,25,34,38H,2-5,7-12,16-17H2. The first-order chi connectivity index (χ1) is 19.2. The van der Waals surface area contributed by atoms with E-state index in [0.717, 1.165) is 37.7 Å². The van der Waals surface area contributed by atoms with E-state index in [4.69, 9.17) is 10.00 Å². The summed E-state index contributed by atoms with van der Waals surface area (Å²) in [5.74, 6) is 1.08. The predicted octanol–water partition coefficient (Wildman–Crippen LogP) is 2.22. The first-order valence-corrected chi connectivity index (χ1v) is 13.8. The van der Waals surface area contributed by atoms with Crippen LogP contribution in [-0.4, -0.2) is 96.4 Å². The van der Waals surface area contributed by atoms with Gasteiger partial charge in [-0.15, -0.1) is 0 Å². The SMILES string of the molecule is N#Cc1ccc(N2CCN(C(=O)C3CCC(OCC4CCN(C5=C(C(F)(F)F)C(O)NN=C5)C4)CC3)CC2)nc1. The number of carbonyl (C=O) groups is 1. The number of nitrogens with one attached hydrogen (secondary N) is 1. The summed E-state index contributed by atoms with van der Waals surface area (Å²) in [6.07, 6.45) is -0.000156. The molecule has 0 bridgehead atoms. The lowest BCUT2D eigenvalue weighted by molar-refractivity contribution is -0.138. The second kappa shape index (κ2) is 12.0. The summed E-state index contributed by atoms with van der Waals surface area (Å²) in [4.78, 5) is 23.2. The molecule has 1 amide bonds. The van der Waals surface area contributed by atoms with Crippen LogP contribution in [0, 0.1) is 23.2 Å². The number of likely N-dealkylation sites (tertiary alicyclic amines) is 1. The number of anilines is 1. The van der Waals surface area contributed by atoms with E-state index in [0.29, 0.717) is 57.9 Å². The molecule has 1 saturated carbocycles. The molecule has 1 aliphatic carbocycles. The zero-order valence-corrected chi connectivity index (χ0v) is 22.2. The Labute approximate surface area is 231 Å². The van der Waals surface area contributed by atoms with Gasteiger partial charge >= 0.3 is 6.18 Å². The van der Waals surface area contributed by atoms with Gasteiger partial charge in [0.05, 0.1) is 30.2 Å². The third-order valence-corrected chi connectivity index (χ3v) is 8.25. The number of ether oxygens (including phenoxy) is 1. The Kier molecular flexibility index (Phi) is 8.46. The topological polar surface area (TPSA) is 117 Å². The number of allylic oxidation sites excluding steroid dienone is 1. The van der Waals surface area contributed by atoms with Gasteiger partial charge in [-0.3, -0.25) is 10.2 Å². The van der Waals surface area contributed by atoms with E-state index in [-0.39, 0.29) is 29.5 Å². The fraction of sp³-hybridized carbons (Fsp3) is 0.630. The molecule has 0 aromatic carbocycles. The minimum Gasteiger partial charge on any atom is -0.378 e. The monoisotopic (exact) mass is 561 g/mol. The van der Waals surface area contributed by atoms with Gasteiger partial charge in [0.1, 0.15) is 17.5 Å². The van der Waals surface area contributed by atoms with Crippen LogP contribution in [0.25, 0.3) is 0 Å². The molecule has 1 aromatic rings. The van der Waals surface area contributed by atoms with Crippen LogP contribution in [-0.2, 0) is 9.53 Å². The number of halogens is 3. The second-order valence-corrected chi connectivity index (χ2v) is 10.8. The predicted molar refractivity (Wildman–Crippen MR) is 140 cm³/mol. The van der Waals surface area contributed by atoms with E-state index in [1.54, 1.807) is 17.2 Å². The van der Waals surface area contributed by atoms with Crippen LogP contribution in [0.15, 0.2) is 34.7 Å². The zero-order valence-electron chi connectivity index (χ0n) is 22.2. The summed E-state index contributed by atoms with van der Waals surface area (Å²) in [5, 5.41) is 22.4. The summed E-state index contributed by atoms with van der Waals surface area (Å²) < 4.78 is 46.6. The van der Waals surface area contributed by atoms with Gasteiger partial charge in [-0.25, -0.2) is 4.98 Å². The number of aromatic nitrogens is 1. The Morgan fingerprint density at radius 2 is 1.85 bits per heavy atom. The van der Waals surface area contributed by atoms with Crippen LogP contribution in [0.5, 0.6) is 0 Å². The number of piperazine rings is 1. The molecule has 4 heterocycles. The molecule has 2 saturated heterocycles. The lowest BCUT2D eigenvalue weighted by atomic mass is 9.86. The van der Waals surface area contributed by atoms with Gasteiger partial charge < -0.3 is 24.5 Å². The first kappa shape index (κ1) is 28.2. The lowest BCUT2D eigenvalue weighted by Crippen LogP contribution is -2.51. The molecular weight excluding hydrogens is 527 g/mol. The van der Waals surface area contributed by atoms with Crippen molar-refractivity contribution in [2.24, 2.45) is 16.9 Å². The number of hydrogen-bond donors (Lipinski definition) is 2. The number of amides is 1. The van der Waals surface area contributed by atoms with Crippen molar-refractivity contribution >= 4 is 17.9 Å². The van der Waals surface area contributed by atoms with Crippen molar-refractivity contribution in [3.63, 3.8) is 0 Å². The minimum atomic E-state index is -4.66. The number of hydrazone groups is 1. The van der Waals surface area contributed by atoms with Crippen LogP contribution < -0.4 is 10.3 Å². The van der Waals surface area contributed by atoms with Gasteiger partial charge in [0, 0.05) is 57.3 Å². The van der Waals surface area contributed by atoms with Crippen molar-refractivity contribution in [2.45, 2.75) is 50.6 Å². The number of aliphatic hydroxyl groups is 1. The van der Waals surface area contributed by atoms with Crippen molar-refractivity contribution in [1.82, 2.24) is 20.2 Å². The molecule has 3 aliphatic heterocycles. The number of rotatable bonds is 6. The Morgan fingerprint density at radius 1 is 1.10 bits per heavy atom. The van der Waals surface area contributed by atoms with Crippen LogP contribution in [0.3, 0.4) is 0 Å². The van der Waals surface area contributed by atoms with E-state index >= 15 is 0 Å². The van der Waals surface area contributed by atoms with E-state index in [9.17, 15) is 23.1 Å². The van der Waals surface area contributed by atoms with Gasteiger partial charge in [-0.2, -0.15) is 23.5 Å². The van der Waals surface area contributed by atoms with Gasteiger partial charge in [0.15, 0.2) is 6.23 Å². The Morgan fingerprint density at radius 3 is 2.50 bits per heavy atom. The summed E-state index contributed by atoms with van der Waals surface area (Å²) >= 11 is 0. The molecule has 216 valence electrons. The smallest absolute Gasteiger partial charge is 0.378 e. The van der Waals surface area contributed by atoms with Gasteiger partial charge in [-0.1, -0.05) is 0 Å². The van der Waals surface area contributed by atoms with Crippen molar-refractivity contribution in [2.75, 3.05) is 50.8 Å². The molecule has 5 rings (SSSR count). The number of pyridine rings is 1. The Hall–Kier alpha value is -3.37. The number of nitriles is 1. The lowest BCUT2D eigenvalue weighted by Gasteiger charge is -2.38. The minimum absolute atomic E-state index is 0.0141. The summed E-state index contributed by atoms with van der Waals surface area (Å²) in [7, 11) is 0. The maximum atomic E-state index is 13.5. The molecule has 2 unspecified atom stereocenters. The molecule has 0 spiro atoms. The quantitative estimate of drug-likeness (QED) is 0.543. The number of nitrogens with zero attached hydrogens (tertiary/aromatic N) is 6. The summed E-state index contributed by atoms with van der Waals surface area (Å²) in [5.41, 5.74) is 1.49. The van der Waals surface area contributed by atoms with Crippen molar-refractivity contribution in [1.29, 1.82) is 5.26 Å². The van der Waals surface area contributed by atoms with Crippen LogP contribution in [0.1, 0.15) is 37.7 Å². The number of carbonyl (C=O) groups excluding carboxylic acids is 1. The maximum Gasteiger partial charge on any atom is 0.419 e. The zero-order chi connectivity index (χ0) is 28.3. The molecule has 40 heavy (non-hydrogen) atoms. The molecule has 2 N–H and O–H groups in total. The van der Waals surface area contributed by atoms with E-state index in [1.165, 1.54) is 0 Å². The Bertz CT molecular complexity index is 1150. The van der Waals surface area contributed by atoms with Crippen molar-refractivity contribution in [3.05, 3.63) is 35.2 Å². The highest BCUT2D eigenvalue weighted by Gasteiger charge is 2.44. The van der Waals surface area contributed by atoms with E-state index < -0.39 is 18.0 Å². The fourth-order valence-corrected chi connectivity index (χ4v) is 5.98. The van der Waals surface area contributed by atoms with Gasteiger partial charge in [0.25, 0.3) is 0 Å². The summed E-state index contributed by atoms with van der Waals surface area (Å²) in [6.45, 7) is 3.98. The van der Waals surface area contributed by atoms with Crippen LogP contribution in [0.4, 0.5) is 19.0 Å². The highest BCUT2D eigenvalue weighted by molar-refractivity contribution is 5.80. The molecule has 3 fully saturated rings. The van der Waals surface area contributed by atoms with E-state index in [1.807, 2.05) is 11.0 Å². The normalized spacial score (nSPS) is 27.5. The average molecular weight is 562 g/mol. The molecule has 10 nitrogen and oxygen atoms in total. The molecule has 1 aromatic heterocycles. The van der Waals surface area contributed by atoms with Gasteiger partial charge in [0.2, 0.25) is 5.91 Å². The first-order valence-electron chi connectivity index (χ1n) is 13.8. The molecule has 2 atom stereocenters. The van der Waals surface area contributed by atoms with Crippen LogP contribution >= 0.6 is 0 Å². The molecular formula is C27H34F3N7O3. The highest BCUT2D eigenvalue weighted by Crippen LogP contribution is 2.35. The highest BCUT2D eigenvalue weighted by atomic mass is 19.4. The Balaban J connectivity index is 1.04. The van der Waals surface area contributed by atoms with Crippen molar-refractivity contribution < 1.29 is 27.8 Å². The molecule has 13 heteroatoms. The summed E-state index contributed by atoms with van der Waals surface area (Å²) in [6, 6.07) is 5.65. The maximum absolute atomic E-state index is 13.5. The van der Waals surface area contributed by atoms with E-state index in [2.05, 4.69) is 26.5 Å². The fourth-order valence-electron chi connectivity index (χ4n) is 5.98. The van der Waals surface area contributed by atoms with Gasteiger partial charge in [-0.05, 0) is 44.2 Å². The average Bonchev–Trinajstić information content (AvgIpc) is 3.44. The van der Waals surface area contributed by atoms with Crippen molar-refractivity contribution in [3.8, 4) is 6.07 Å². The third-order valence-electron chi connectivity index (χ3n) is 8.25. The third kappa shape index (κ3) is 6.33. The largest absolute Gasteiger partial charge is 0.419 e. The number of alkyl halides is 3.